The second-order valence-electron chi connectivity index (χ2n) is 5.40. The summed E-state index contributed by atoms with van der Waals surface area (Å²) in [5, 5.41) is 3.22. The fourth-order valence-electron chi connectivity index (χ4n) is 2.40. The summed E-state index contributed by atoms with van der Waals surface area (Å²) in [7, 11) is 1.77. The van der Waals surface area contributed by atoms with E-state index in [9.17, 15) is 4.79 Å². The summed E-state index contributed by atoms with van der Waals surface area (Å²) in [6.07, 6.45) is 2.69. The average molecular weight is 299 g/mol. The summed E-state index contributed by atoms with van der Waals surface area (Å²) in [5.41, 5.74) is 0. The molecule has 0 aliphatic carbocycles. The average Bonchev–Trinajstić information content (AvgIpc) is 2.44. The van der Waals surface area contributed by atoms with Crippen molar-refractivity contribution in [1.29, 1.82) is 0 Å². The molecular weight excluding hydrogens is 270 g/mol. The van der Waals surface area contributed by atoms with Crippen LogP contribution in [0.3, 0.4) is 0 Å². The van der Waals surface area contributed by atoms with E-state index < -0.39 is 0 Å². The third-order valence-corrected chi connectivity index (χ3v) is 3.34. The Balaban J connectivity index is 2.28. The van der Waals surface area contributed by atoms with E-state index in [0.29, 0.717) is 19.1 Å². The van der Waals surface area contributed by atoms with Gasteiger partial charge in [0.05, 0.1) is 18.6 Å². The Morgan fingerprint density at radius 1 is 1.38 bits per heavy atom. The number of esters is 1. The van der Waals surface area contributed by atoms with Gasteiger partial charge in [-0.15, -0.1) is 0 Å². The summed E-state index contributed by atoms with van der Waals surface area (Å²) in [6, 6.07) is 0. The van der Waals surface area contributed by atoms with E-state index in [1.807, 2.05) is 20.8 Å². The van der Waals surface area contributed by atoms with Gasteiger partial charge in [0.2, 0.25) is 0 Å². The van der Waals surface area contributed by atoms with Gasteiger partial charge in [-0.25, -0.2) is 0 Å². The first kappa shape index (κ1) is 17.8. The van der Waals surface area contributed by atoms with Crippen molar-refractivity contribution in [3.8, 4) is 0 Å². The maximum absolute atomic E-state index is 11.5. The van der Waals surface area contributed by atoms with Gasteiger partial charge in [0.1, 0.15) is 0 Å². The highest BCUT2D eigenvalue weighted by Gasteiger charge is 2.21. The molecule has 6 heteroatoms. The zero-order chi connectivity index (χ0) is 15.7. The van der Waals surface area contributed by atoms with Crippen molar-refractivity contribution in [1.82, 2.24) is 10.2 Å². The molecule has 6 nitrogen and oxygen atoms in total. The molecule has 0 spiro atoms. The molecule has 0 aromatic rings. The maximum atomic E-state index is 11.5. The van der Waals surface area contributed by atoms with Gasteiger partial charge in [0, 0.05) is 33.3 Å². The largest absolute Gasteiger partial charge is 0.463 e. The number of ether oxygens (including phenoxy) is 2. The van der Waals surface area contributed by atoms with Gasteiger partial charge in [-0.2, -0.15) is 0 Å². The molecule has 0 unspecified atom stereocenters. The Morgan fingerprint density at radius 3 is 2.57 bits per heavy atom. The topological polar surface area (TPSA) is 63.2 Å². The number of hydrogen-bond acceptors (Lipinski definition) is 4. The number of nitrogens with zero attached hydrogens (tertiary/aromatic N) is 2. The summed E-state index contributed by atoms with van der Waals surface area (Å²) in [6.45, 7) is 8.92. The Hall–Kier alpha value is -1.30. The van der Waals surface area contributed by atoms with Crippen molar-refractivity contribution in [3.05, 3.63) is 0 Å². The smallest absolute Gasteiger partial charge is 0.307 e. The SMILES string of the molecule is CCOC1CCN(C(=NC)NCCC(=O)OC(C)C)CC1. The van der Waals surface area contributed by atoms with Gasteiger partial charge in [-0.3, -0.25) is 9.79 Å². The Labute approximate surface area is 127 Å². The van der Waals surface area contributed by atoms with E-state index in [1.54, 1.807) is 7.05 Å². The van der Waals surface area contributed by atoms with Crippen LogP contribution in [0.2, 0.25) is 0 Å². The van der Waals surface area contributed by atoms with Crippen LogP contribution in [0.5, 0.6) is 0 Å². The highest BCUT2D eigenvalue weighted by molar-refractivity contribution is 5.80. The molecule has 1 heterocycles. The predicted octanol–water partition coefficient (Wildman–Crippen LogP) is 1.40. The minimum atomic E-state index is -0.178. The molecule has 0 aromatic carbocycles. The second-order valence-corrected chi connectivity index (χ2v) is 5.40. The second kappa shape index (κ2) is 9.60. The number of rotatable bonds is 6. The summed E-state index contributed by atoms with van der Waals surface area (Å²) < 4.78 is 10.7. The maximum Gasteiger partial charge on any atom is 0.307 e. The minimum absolute atomic E-state index is 0.0607. The van der Waals surface area contributed by atoms with Gasteiger partial charge >= 0.3 is 5.97 Å². The van der Waals surface area contributed by atoms with E-state index in [2.05, 4.69) is 15.2 Å². The molecule has 0 radical (unpaired) electrons. The normalized spacial score (nSPS) is 17.2. The molecule has 21 heavy (non-hydrogen) atoms. The van der Waals surface area contributed by atoms with Crippen LogP contribution in [0.4, 0.5) is 0 Å². The summed E-state index contributed by atoms with van der Waals surface area (Å²) in [5.74, 6) is 0.672. The number of piperidine rings is 1. The molecule has 1 aliphatic rings. The first-order valence-corrected chi connectivity index (χ1v) is 7.83. The van der Waals surface area contributed by atoms with E-state index in [-0.39, 0.29) is 12.1 Å². The first-order valence-electron chi connectivity index (χ1n) is 7.83. The quantitative estimate of drug-likeness (QED) is 0.456. The van der Waals surface area contributed by atoms with Crippen LogP contribution in [-0.4, -0.2) is 62.3 Å². The highest BCUT2D eigenvalue weighted by Crippen LogP contribution is 2.13. The Morgan fingerprint density at radius 2 is 2.05 bits per heavy atom. The molecule has 0 saturated carbocycles. The number of likely N-dealkylation sites (tertiary alicyclic amines) is 1. The number of carbonyl (C=O) groups is 1. The monoisotopic (exact) mass is 299 g/mol. The molecule has 1 fully saturated rings. The molecular formula is C15H29N3O3. The van der Waals surface area contributed by atoms with Crippen LogP contribution < -0.4 is 5.32 Å². The first-order chi connectivity index (χ1) is 10.1. The van der Waals surface area contributed by atoms with Crippen LogP contribution in [0, 0.1) is 0 Å². The van der Waals surface area contributed by atoms with Gasteiger partial charge in [0.25, 0.3) is 0 Å². The lowest BCUT2D eigenvalue weighted by Crippen LogP contribution is -2.47. The van der Waals surface area contributed by atoms with Crippen LogP contribution in [0.1, 0.15) is 40.0 Å². The molecule has 0 amide bonds. The Kier molecular flexibility index (Phi) is 8.12. The third-order valence-electron chi connectivity index (χ3n) is 3.34. The van der Waals surface area contributed by atoms with Crippen molar-refractivity contribution < 1.29 is 14.3 Å². The lowest BCUT2D eigenvalue weighted by atomic mass is 10.1. The summed E-state index contributed by atoms with van der Waals surface area (Å²) >= 11 is 0. The molecule has 1 rings (SSSR count). The van der Waals surface area contributed by atoms with Gasteiger partial charge < -0.3 is 19.7 Å². The zero-order valence-corrected chi connectivity index (χ0v) is 13.7. The lowest BCUT2D eigenvalue weighted by molar-refractivity contribution is -0.147. The van der Waals surface area contributed by atoms with E-state index in [0.717, 1.165) is 38.5 Å². The van der Waals surface area contributed by atoms with E-state index in [4.69, 9.17) is 9.47 Å². The lowest BCUT2D eigenvalue weighted by Gasteiger charge is -2.34. The molecule has 1 N–H and O–H groups in total. The van der Waals surface area contributed by atoms with Crippen molar-refractivity contribution in [2.24, 2.45) is 4.99 Å². The number of aliphatic imine (C=N–C) groups is 1. The molecule has 0 bridgehead atoms. The van der Waals surface area contributed by atoms with Crippen molar-refractivity contribution in [3.63, 3.8) is 0 Å². The minimum Gasteiger partial charge on any atom is -0.463 e. The van der Waals surface area contributed by atoms with Crippen LogP contribution in [0.15, 0.2) is 4.99 Å². The number of hydrogen-bond donors (Lipinski definition) is 1. The predicted molar refractivity (Wildman–Crippen MR) is 83.4 cm³/mol. The number of guanidine groups is 1. The standard InChI is InChI=1S/C15H29N3O3/c1-5-20-13-7-10-18(11-8-13)15(16-4)17-9-6-14(19)21-12(2)3/h12-13H,5-11H2,1-4H3,(H,16,17). The molecule has 122 valence electrons. The van der Waals surface area contributed by atoms with Crippen molar-refractivity contribution >= 4 is 11.9 Å². The number of carbonyl (C=O) groups excluding carboxylic acids is 1. The number of nitrogens with one attached hydrogen (secondary N) is 1. The highest BCUT2D eigenvalue weighted by atomic mass is 16.5. The van der Waals surface area contributed by atoms with E-state index in [1.165, 1.54) is 0 Å². The zero-order valence-electron chi connectivity index (χ0n) is 13.7. The van der Waals surface area contributed by atoms with Crippen molar-refractivity contribution in [2.45, 2.75) is 52.2 Å². The fraction of sp³-hybridized carbons (Fsp3) is 0.867. The van der Waals surface area contributed by atoms with Gasteiger partial charge in [-0.05, 0) is 33.6 Å². The molecule has 1 saturated heterocycles. The molecule has 1 aliphatic heterocycles. The third kappa shape index (κ3) is 6.80. The van der Waals surface area contributed by atoms with Gasteiger partial charge in [-0.1, -0.05) is 0 Å². The fourth-order valence-corrected chi connectivity index (χ4v) is 2.40. The van der Waals surface area contributed by atoms with Crippen LogP contribution in [-0.2, 0) is 14.3 Å². The van der Waals surface area contributed by atoms with Crippen molar-refractivity contribution in [2.75, 3.05) is 33.3 Å². The van der Waals surface area contributed by atoms with Crippen LogP contribution >= 0.6 is 0 Å². The van der Waals surface area contributed by atoms with E-state index >= 15 is 0 Å². The molecule has 0 aromatic heterocycles. The Bertz CT molecular complexity index is 337. The van der Waals surface area contributed by atoms with Gasteiger partial charge in [0.15, 0.2) is 5.96 Å². The molecule has 0 atom stereocenters. The summed E-state index contributed by atoms with van der Waals surface area (Å²) in [4.78, 5) is 18.0. The van der Waals surface area contributed by atoms with Crippen LogP contribution in [0.25, 0.3) is 0 Å².